The van der Waals surface area contributed by atoms with Crippen molar-refractivity contribution < 1.29 is 4.92 Å². The third-order valence-electron chi connectivity index (χ3n) is 1.15. The number of halogens is 1. The van der Waals surface area contributed by atoms with Crippen molar-refractivity contribution in [3.8, 4) is 0 Å². The van der Waals surface area contributed by atoms with Gasteiger partial charge in [-0.05, 0) is 28.9 Å². The summed E-state index contributed by atoms with van der Waals surface area (Å²) in [7, 11) is 0. The maximum atomic E-state index is 10.1. The Kier molecular flexibility index (Phi) is 2.62. The number of hydrogen-bond acceptors (Lipinski definition) is 3. The minimum Gasteiger partial charge on any atom is -0.264 e. The van der Waals surface area contributed by atoms with Gasteiger partial charge in [-0.15, -0.1) is 11.3 Å². The highest BCUT2D eigenvalue weighted by Gasteiger charge is 2.09. The maximum absolute atomic E-state index is 10.1. The van der Waals surface area contributed by atoms with Crippen molar-refractivity contribution >= 4 is 27.3 Å². The molecule has 1 rings (SSSR count). The molecule has 0 spiro atoms. The molecule has 0 radical (unpaired) electrons. The van der Waals surface area contributed by atoms with Crippen molar-refractivity contribution in [2.45, 2.75) is 13.5 Å². The Labute approximate surface area is 76.3 Å². The van der Waals surface area contributed by atoms with E-state index in [0.29, 0.717) is 0 Å². The van der Waals surface area contributed by atoms with Gasteiger partial charge in [-0.2, -0.15) is 0 Å². The predicted molar refractivity (Wildman–Crippen MR) is 47.5 cm³/mol. The van der Waals surface area contributed by atoms with E-state index in [4.69, 9.17) is 0 Å². The van der Waals surface area contributed by atoms with Crippen LogP contribution >= 0.6 is 27.3 Å². The number of rotatable bonds is 2. The monoisotopic (exact) mass is 235 g/mol. The van der Waals surface area contributed by atoms with Crippen molar-refractivity contribution in [3.05, 3.63) is 30.4 Å². The van der Waals surface area contributed by atoms with Crippen LogP contribution in [0.5, 0.6) is 0 Å². The summed E-state index contributed by atoms with van der Waals surface area (Å²) in [5, 5.41) is 10.1. The first kappa shape index (κ1) is 8.67. The van der Waals surface area contributed by atoms with Gasteiger partial charge in [0, 0.05) is 14.3 Å². The molecule has 0 bridgehead atoms. The van der Waals surface area contributed by atoms with E-state index in [1.54, 1.807) is 0 Å². The molecule has 0 saturated carbocycles. The van der Waals surface area contributed by atoms with Gasteiger partial charge >= 0.3 is 0 Å². The van der Waals surface area contributed by atoms with Gasteiger partial charge in [0.2, 0.25) is 6.54 Å². The van der Waals surface area contributed by atoms with Gasteiger partial charge < -0.3 is 0 Å². The van der Waals surface area contributed by atoms with E-state index in [1.807, 2.05) is 13.0 Å². The largest absolute Gasteiger partial charge is 0.264 e. The lowest BCUT2D eigenvalue weighted by Gasteiger charge is -1.88. The topological polar surface area (TPSA) is 43.1 Å². The Hall–Kier alpha value is -0.420. The summed E-state index contributed by atoms with van der Waals surface area (Å²) in [5.74, 6) is 0. The van der Waals surface area contributed by atoms with Crippen LogP contribution in [0.25, 0.3) is 0 Å². The first-order valence-corrected chi connectivity index (χ1v) is 4.57. The lowest BCUT2D eigenvalue weighted by Crippen LogP contribution is -1.95. The van der Waals surface area contributed by atoms with Crippen LogP contribution in [0.15, 0.2) is 10.5 Å². The third kappa shape index (κ3) is 2.27. The molecule has 5 heteroatoms. The van der Waals surface area contributed by atoms with Gasteiger partial charge in [0.15, 0.2) is 0 Å². The normalized spacial score (nSPS) is 10.0. The first-order valence-electron chi connectivity index (χ1n) is 2.96. The zero-order chi connectivity index (χ0) is 8.43. The Bertz CT molecular complexity index is 284. The molecule has 0 aromatic carbocycles. The summed E-state index contributed by atoms with van der Waals surface area (Å²) in [4.78, 5) is 11.7. The number of nitro groups is 1. The zero-order valence-corrected chi connectivity index (χ0v) is 8.24. The molecular weight excluding hydrogens is 230 g/mol. The molecule has 0 fully saturated rings. The van der Waals surface area contributed by atoms with E-state index >= 15 is 0 Å². The summed E-state index contributed by atoms with van der Waals surface area (Å²) >= 11 is 4.71. The molecule has 3 nitrogen and oxygen atoms in total. The minimum absolute atomic E-state index is 0.0842. The maximum Gasteiger partial charge on any atom is 0.239 e. The molecule has 1 aromatic heterocycles. The Morgan fingerprint density at radius 2 is 2.45 bits per heavy atom. The third-order valence-corrected chi connectivity index (χ3v) is 3.16. The van der Waals surface area contributed by atoms with Crippen LogP contribution in [0, 0.1) is 17.0 Å². The standard InChI is InChI=1S/C6H6BrNO2S/c1-4-2-5(7)6(11-4)3-8(9)10/h2H,3H2,1H3. The molecule has 60 valence electrons. The van der Waals surface area contributed by atoms with Crippen molar-refractivity contribution in [2.75, 3.05) is 0 Å². The van der Waals surface area contributed by atoms with Crippen LogP contribution < -0.4 is 0 Å². The summed E-state index contributed by atoms with van der Waals surface area (Å²) in [6.45, 7) is 1.85. The Balaban J connectivity index is 2.85. The Morgan fingerprint density at radius 1 is 1.82 bits per heavy atom. The number of aryl methyl sites for hydroxylation is 1. The van der Waals surface area contributed by atoms with E-state index in [1.165, 1.54) is 11.3 Å². The van der Waals surface area contributed by atoms with Crippen molar-refractivity contribution in [2.24, 2.45) is 0 Å². The molecule has 0 saturated heterocycles. The summed E-state index contributed by atoms with van der Waals surface area (Å²) < 4.78 is 0.844. The van der Waals surface area contributed by atoms with Crippen LogP contribution in [0.4, 0.5) is 0 Å². The first-order chi connectivity index (χ1) is 5.09. The fourth-order valence-electron chi connectivity index (χ4n) is 0.757. The number of thiophene rings is 1. The van der Waals surface area contributed by atoms with Gasteiger partial charge in [0.1, 0.15) is 0 Å². The molecule has 0 N–H and O–H groups in total. The van der Waals surface area contributed by atoms with Gasteiger partial charge in [0.05, 0.1) is 4.88 Å². The molecule has 0 amide bonds. The molecule has 0 atom stereocenters. The van der Waals surface area contributed by atoms with Crippen molar-refractivity contribution in [3.63, 3.8) is 0 Å². The number of nitrogens with zero attached hydrogens (tertiary/aromatic N) is 1. The molecule has 0 aliphatic heterocycles. The SMILES string of the molecule is Cc1cc(Br)c(C[N+](=O)[O-])s1. The van der Waals surface area contributed by atoms with Crippen LogP contribution in [0.1, 0.15) is 9.75 Å². The zero-order valence-electron chi connectivity index (χ0n) is 5.83. The molecule has 0 unspecified atom stereocenters. The quantitative estimate of drug-likeness (QED) is 0.585. The van der Waals surface area contributed by atoms with Crippen LogP contribution in [0.2, 0.25) is 0 Å². The fourth-order valence-corrected chi connectivity index (χ4v) is 2.51. The van der Waals surface area contributed by atoms with Crippen molar-refractivity contribution in [1.82, 2.24) is 0 Å². The van der Waals surface area contributed by atoms with Crippen LogP contribution in [-0.4, -0.2) is 4.92 Å². The molecule has 1 aromatic rings. The van der Waals surface area contributed by atoms with Gasteiger partial charge in [-0.1, -0.05) is 0 Å². The van der Waals surface area contributed by atoms with E-state index < -0.39 is 0 Å². The van der Waals surface area contributed by atoms with Crippen LogP contribution in [-0.2, 0) is 6.54 Å². The second kappa shape index (κ2) is 3.32. The smallest absolute Gasteiger partial charge is 0.239 e. The second-order valence-corrected chi connectivity index (χ2v) is 4.31. The fraction of sp³-hybridized carbons (Fsp3) is 0.333. The summed E-state index contributed by atoms with van der Waals surface area (Å²) in [6.07, 6.45) is 0. The molecule has 0 aliphatic carbocycles. The summed E-state index contributed by atoms with van der Waals surface area (Å²) in [5.41, 5.74) is 0. The molecular formula is C6H6BrNO2S. The lowest BCUT2D eigenvalue weighted by molar-refractivity contribution is -0.496. The number of hydrogen-bond donors (Lipinski definition) is 0. The second-order valence-electron chi connectivity index (χ2n) is 2.12. The molecule has 1 heterocycles. The van der Waals surface area contributed by atoms with Crippen LogP contribution in [0.3, 0.4) is 0 Å². The average molecular weight is 236 g/mol. The average Bonchev–Trinajstić information content (AvgIpc) is 2.09. The van der Waals surface area contributed by atoms with E-state index in [9.17, 15) is 10.1 Å². The predicted octanol–water partition coefficient (Wildman–Crippen LogP) is 2.60. The van der Waals surface area contributed by atoms with Gasteiger partial charge in [0.25, 0.3) is 0 Å². The lowest BCUT2D eigenvalue weighted by atomic mass is 10.4. The van der Waals surface area contributed by atoms with E-state index in [2.05, 4.69) is 15.9 Å². The summed E-state index contributed by atoms with van der Waals surface area (Å²) in [6, 6.07) is 1.89. The highest BCUT2D eigenvalue weighted by atomic mass is 79.9. The Morgan fingerprint density at radius 3 is 2.82 bits per heavy atom. The molecule has 11 heavy (non-hydrogen) atoms. The van der Waals surface area contributed by atoms with E-state index in [-0.39, 0.29) is 11.5 Å². The highest BCUT2D eigenvalue weighted by molar-refractivity contribution is 9.10. The minimum atomic E-state index is -0.323. The van der Waals surface area contributed by atoms with Crippen molar-refractivity contribution in [1.29, 1.82) is 0 Å². The molecule has 0 aliphatic rings. The highest BCUT2D eigenvalue weighted by Crippen LogP contribution is 2.26. The van der Waals surface area contributed by atoms with Gasteiger partial charge in [-0.3, -0.25) is 10.1 Å². The van der Waals surface area contributed by atoms with Gasteiger partial charge in [-0.25, -0.2) is 0 Å². The van der Waals surface area contributed by atoms with E-state index in [0.717, 1.165) is 14.2 Å².